The van der Waals surface area contributed by atoms with E-state index in [0.717, 1.165) is 24.4 Å². The Labute approximate surface area is 135 Å². The molecule has 2 rings (SSSR count). The Balaban J connectivity index is 1.83. The zero-order valence-electron chi connectivity index (χ0n) is 13.5. The number of piperazine rings is 1. The highest BCUT2D eigenvalue weighted by molar-refractivity contribution is 5.87. The summed E-state index contributed by atoms with van der Waals surface area (Å²) in [4.78, 5) is 27.5. The van der Waals surface area contributed by atoms with Crippen molar-refractivity contribution in [3.8, 4) is 5.75 Å². The van der Waals surface area contributed by atoms with Crippen LogP contribution in [-0.4, -0.2) is 68.2 Å². The highest BCUT2D eigenvalue weighted by Crippen LogP contribution is 2.13. The van der Waals surface area contributed by atoms with E-state index >= 15 is 0 Å². The Morgan fingerprint density at radius 2 is 1.78 bits per heavy atom. The van der Waals surface area contributed by atoms with E-state index in [1.165, 1.54) is 4.90 Å². The third-order valence-electron chi connectivity index (χ3n) is 3.87. The Kier molecular flexibility index (Phi) is 5.95. The molecule has 23 heavy (non-hydrogen) atoms. The second-order valence-corrected chi connectivity index (χ2v) is 5.64. The minimum atomic E-state index is -0.875. The average Bonchev–Trinajstić information content (AvgIpc) is 2.56. The second kappa shape index (κ2) is 7.94. The van der Waals surface area contributed by atoms with Crippen molar-refractivity contribution in [3.63, 3.8) is 0 Å². The molecule has 1 heterocycles. The van der Waals surface area contributed by atoms with Crippen molar-refractivity contribution in [3.05, 3.63) is 29.8 Å². The Morgan fingerprint density at radius 3 is 2.35 bits per heavy atom. The maximum atomic E-state index is 12.0. The van der Waals surface area contributed by atoms with Gasteiger partial charge in [-0.3, -0.25) is 0 Å². The molecule has 0 bridgehead atoms. The molecule has 1 atom stereocenters. The number of carbonyl (C=O) groups is 2. The van der Waals surface area contributed by atoms with Crippen LogP contribution in [0.1, 0.15) is 5.56 Å². The fraction of sp³-hybridized carbons (Fsp3) is 0.500. The van der Waals surface area contributed by atoms with Crippen molar-refractivity contribution in [1.82, 2.24) is 9.80 Å². The van der Waals surface area contributed by atoms with E-state index in [0.29, 0.717) is 19.5 Å². The van der Waals surface area contributed by atoms with Gasteiger partial charge in [-0.1, -0.05) is 12.1 Å². The predicted octanol–water partition coefficient (Wildman–Crippen LogP) is 0.476. The van der Waals surface area contributed by atoms with Crippen molar-refractivity contribution >= 4 is 12.1 Å². The van der Waals surface area contributed by atoms with Gasteiger partial charge in [0.2, 0.25) is 0 Å². The standard InChI is InChI=1S/C16H23N3O4/c1-18-7-9-19(10-8-18)16(21)23-15(20)14(17)11-12-3-5-13(22-2)6-4-12/h3-6,14H,7-11,17H2,1-2H3/t14-/m0/s1. The Bertz CT molecular complexity index is 539. The molecule has 0 aromatic heterocycles. The Morgan fingerprint density at radius 1 is 1.17 bits per heavy atom. The van der Waals surface area contributed by atoms with Gasteiger partial charge in [-0.2, -0.15) is 0 Å². The maximum Gasteiger partial charge on any atom is 0.417 e. The summed E-state index contributed by atoms with van der Waals surface area (Å²) in [6.45, 7) is 2.63. The van der Waals surface area contributed by atoms with Crippen molar-refractivity contribution in [2.24, 2.45) is 5.73 Å². The maximum absolute atomic E-state index is 12.0. The summed E-state index contributed by atoms with van der Waals surface area (Å²) < 4.78 is 9.96. The summed E-state index contributed by atoms with van der Waals surface area (Å²) in [6.07, 6.45) is -0.313. The van der Waals surface area contributed by atoms with E-state index in [1.54, 1.807) is 19.2 Å². The number of methoxy groups -OCH3 is 1. The number of hydrogen-bond donors (Lipinski definition) is 1. The lowest BCUT2D eigenvalue weighted by molar-refractivity contribution is -0.140. The number of carbonyl (C=O) groups excluding carboxylic acids is 2. The molecule has 0 spiro atoms. The first-order chi connectivity index (χ1) is 11.0. The molecule has 7 heteroatoms. The molecular weight excluding hydrogens is 298 g/mol. The number of nitrogens with zero attached hydrogens (tertiary/aromatic N) is 2. The summed E-state index contributed by atoms with van der Waals surface area (Å²) >= 11 is 0. The highest BCUT2D eigenvalue weighted by atomic mass is 16.6. The second-order valence-electron chi connectivity index (χ2n) is 5.64. The molecule has 1 fully saturated rings. The van der Waals surface area contributed by atoms with Gasteiger partial charge in [0.25, 0.3) is 0 Å². The van der Waals surface area contributed by atoms with Crippen LogP contribution in [0.4, 0.5) is 4.79 Å². The van der Waals surface area contributed by atoms with Crippen molar-refractivity contribution in [2.45, 2.75) is 12.5 Å². The van der Waals surface area contributed by atoms with Crippen molar-refractivity contribution in [1.29, 1.82) is 0 Å². The number of rotatable bonds is 4. The van der Waals surface area contributed by atoms with Gasteiger partial charge in [-0.05, 0) is 31.2 Å². The molecule has 0 unspecified atom stereocenters. The van der Waals surface area contributed by atoms with Crippen LogP contribution in [0, 0.1) is 0 Å². The topological polar surface area (TPSA) is 85.1 Å². The quantitative estimate of drug-likeness (QED) is 0.641. The van der Waals surface area contributed by atoms with Crippen LogP contribution in [0.5, 0.6) is 5.75 Å². The zero-order chi connectivity index (χ0) is 16.8. The number of esters is 1. The summed E-state index contributed by atoms with van der Waals surface area (Å²) in [5.74, 6) is 0.0277. The molecule has 7 nitrogen and oxygen atoms in total. The van der Waals surface area contributed by atoms with E-state index in [9.17, 15) is 9.59 Å². The molecule has 1 aromatic rings. The normalized spacial score (nSPS) is 16.7. The fourth-order valence-corrected chi connectivity index (χ4v) is 2.31. The lowest BCUT2D eigenvalue weighted by atomic mass is 10.1. The average molecular weight is 321 g/mol. The van der Waals surface area contributed by atoms with E-state index < -0.39 is 18.1 Å². The van der Waals surface area contributed by atoms with Gasteiger partial charge in [0, 0.05) is 26.2 Å². The number of nitrogens with two attached hydrogens (primary N) is 1. The lowest BCUT2D eigenvalue weighted by Crippen LogP contribution is -2.48. The fourth-order valence-electron chi connectivity index (χ4n) is 2.31. The smallest absolute Gasteiger partial charge is 0.417 e. The van der Waals surface area contributed by atoms with Gasteiger partial charge in [-0.15, -0.1) is 0 Å². The molecule has 1 aliphatic rings. The van der Waals surface area contributed by atoms with E-state index in [4.69, 9.17) is 15.2 Å². The van der Waals surface area contributed by atoms with Crippen LogP contribution in [0.2, 0.25) is 0 Å². The van der Waals surface area contributed by atoms with Gasteiger partial charge in [0.15, 0.2) is 0 Å². The third-order valence-corrected chi connectivity index (χ3v) is 3.87. The first-order valence-electron chi connectivity index (χ1n) is 7.57. The monoisotopic (exact) mass is 321 g/mol. The number of hydrogen-bond acceptors (Lipinski definition) is 6. The molecule has 1 saturated heterocycles. The van der Waals surface area contributed by atoms with E-state index in [2.05, 4.69) is 4.90 Å². The van der Waals surface area contributed by atoms with E-state index in [-0.39, 0.29) is 0 Å². The molecule has 1 aliphatic heterocycles. The van der Waals surface area contributed by atoms with Crippen LogP contribution in [0.15, 0.2) is 24.3 Å². The molecular formula is C16H23N3O4. The van der Waals surface area contributed by atoms with Crippen LogP contribution in [-0.2, 0) is 16.0 Å². The Hall–Kier alpha value is -2.12. The van der Waals surface area contributed by atoms with Gasteiger partial charge >= 0.3 is 12.1 Å². The van der Waals surface area contributed by atoms with Gasteiger partial charge < -0.3 is 25.0 Å². The minimum Gasteiger partial charge on any atom is -0.497 e. The predicted molar refractivity (Wildman–Crippen MR) is 85.2 cm³/mol. The van der Waals surface area contributed by atoms with Gasteiger partial charge in [0.05, 0.1) is 7.11 Å². The van der Waals surface area contributed by atoms with Gasteiger partial charge in [-0.25, -0.2) is 9.59 Å². The first-order valence-corrected chi connectivity index (χ1v) is 7.57. The molecule has 126 valence electrons. The summed E-state index contributed by atoms with van der Waals surface area (Å²) in [7, 11) is 3.57. The zero-order valence-corrected chi connectivity index (χ0v) is 13.5. The van der Waals surface area contributed by atoms with Gasteiger partial charge in [0.1, 0.15) is 11.8 Å². The molecule has 2 N–H and O–H groups in total. The number of benzene rings is 1. The van der Waals surface area contributed by atoms with E-state index in [1.807, 2.05) is 19.2 Å². The minimum absolute atomic E-state index is 0.304. The SMILES string of the molecule is COc1ccc(C[C@H](N)C(=O)OC(=O)N2CCN(C)CC2)cc1. The summed E-state index contributed by atoms with van der Waals surface area (Å²) in [5.41, 5.74) is 6.71. The van der Waals surface area contributed by atoms with Crippen molar-refractivity contribution in [2.75, 3.05) is 40.3 Å². The highest BCUT2D eigenvalue weighted by Gasteiger charge is 2.25. The summed E-state index contributed by atoms with van der Waals surface area (Å²) in [6, 6.07) is 6.37. The molecule has 1 amide bonds. The molecule has 0 radical (unpaired) electrons. The summed E-state index contributed by atoms with van der Waals surface area (Å²) in [5, 5.41) is 0. The largest absolute Gasteiger partial charge is 0.497 e. The third kappa shape index (κ3) is 4.94. The molecule has 0 saturated carbocycles. The number of likely N-dealkylation sites (N-methyl/N-ethyl adjacent to an activating group) is 1. The molecule has 0 aliphatic carbocycles. The van der Waals surface area contributed by atoms with Crippen LogP contribution < -0.4 is 10.5 Å². The van der Waals surface area contributed by atoms with Crippen LogP contribution >= 0.6 is 0 Å². The first kappa shape index (κ1) is 17.2. The molecule has 1 aromatic carbocycles. The van der Waals surface area contributed by atoms with Crippen LogP contribution in [0.3, 0.4) is 0 Å². The number of amides is 1. The number of ether oxygens (including phenoxy) is 2. The van der Waals surface area contributed by atoms with Crippen molar-refractivity contribution < 1.29 is 19.1 Å². The lowest BCUT2D eigenvalue weighted by Gasteiger charge is -2.31. The van der Waals surface area contributed by atoms with Crippen LogP contribution in [0.25, 0.3) is 0 Å².